The molecule has 3 nitrogen and oxygen atoms in total. The van der Waals surface area contributed by atoms with Crippen LogP contribution >= 0.6 is 11.6 Å². The number of hydrazone groups is 1. The van der Waals surface area contributed by atoms with Gasteiger partial charge in [0.25, 0.3) is 0 Å². The average Bonchev–Trinajstić information content (AvgIpc) is 2.75. The predicted molar refractivity (Wildman–Crippen MR) is 70.7 cm³/mol. The molecule has 0 spiro atoms. The molecule has 0 bridgehead atoms. The molecule has 0 aliphatic rings. The summed E-state index contributed by atoms with van der Waals surface area (Å²) in [5.74, 6) is 1.64. The van der Waals surface area contributed by atoms with Gasteiger partial charge in [0.05, 0.1) is 5.69 Å². The molecule has 0 aliphatic heterocycles. The standard InChI is InChI=1S/C13H13ClN2O/c1-9-3-8-13(17-9)10(2)15-16-12-6-4-11(14)5-7-12/h3-8,16H,1-2H3/b15-10-. The van der Waals surface area contributed by atoms with Crippen LogP contribution in [0.2, 0.25) is 5.02 Å². The van der Waals surface area contributed by atoms with E-state index in [1.54, 1.807) is 0 Å². The molecule has 1 N–H and O–H groups in total. The summed E-state index contributed by atoms with van der Waals surface area (Å²) in [6, 6.07) is 11.2. The molecular formula is C13H13ClN2O. The van der Waals surface area contributed by atoms with Crippen molar-refractivity contribution in [2.45, 2.75) is 13.8 Å². The van der Waals surface area contributed by atoms with Gasteiger partial charge in [-0.25, -0.2) is 0 Å². The van der Waals surface area contributed by atoms with Crippen molar-refractivity contribution < 1.29 is 4.42 Å². The minimum absolute atomic E-state index is 0.706. The molecule has 2 rings (SSSR count). The summed E-state index contributed by atoms with van der Waals surface area (Å²) in [7, 11) is 0. The summed E-state index contributed by atoms with van der Waals surface area (Å²) in [5, 5.41) is 4.94. The first-order valence-electron chi connectivity index (χ1n) is 5.28. The summed E-state index contributed by atoms with van der Waals surface area (Å²) in [6.07, 6.45) is 0. The Morgan fingerprint density at radius 2 is 1.88 bits per heavy atom. The molecule has 0 atom stereocenters. The van der Waals surface area contributed by atoms with Gasteiger partial charge in [-0.2, -0.15) is 5.10 Å². The molecule has 0 unspecified atom stereocenters. The number of nitrogens with zero attached hydrogens (tertiary/aromatic N) is 1. The third kappa shape index (κ3) is 3.11. The topological polar surface area (TPSA) is 37.5 Å². The maximum Gasteiger partial charge on any atom is 0.149 e. The van der Waals surface area contributed by atoms with E-state index in [-0.39, 0.29) is 0 Å². The summed E-state index contributed by atoms with van der Waals surface area (Å²) in [6.45, 7) is 3.80. The van der Waals surface area contributed by atoms with E-state index in [0.717, 1.165) is 22.9 Å². The minimum Gasteiger partial charge on any atom is -0.460 e. The molecule has 1 aromatic heterocycles. The van der Waals surface area contributed by atoms with Gasteiger partial charge in [-0.05, 0) is 50.2 Å². The maximum absolute atomic E-state index is 5.79. The van der Waals surface area contributed by atoms with Crippen molar-refractivity contribution in [3.05, 3.63) is 52.9 Å². The van der Waals surface area contributed by atoms with E-state index in [0.29, 0.717) is 5.02 Å². The Morgan fingerprint density at radius 1 is 1.18 bits per heavy atom. The molecule has 0 fully saturated rings. The lowest BCUT2D eigenvalue weighted by Gasteiger charge is -2.01. The number of anilines is 1. The van der Waals surface area contributed by atoms with Gasteiger partial charge < -0.3 is 4.42 Å². The van der Waals surface area contributed by atoms with Crippen LogP contribution in [0.25, 0.3) is 0 Å². The van der Waals surface area contributed by atoms with Crippen LogP contribution in [0.5, 0.6) is 0 Å². The molecule has 2 aromatic rings. The van der Waals surface area contributed by atoms with Gasteiger partial charge in [-0.1, -0.05) is 11.6 Å². The number of furan rings is 1. The van der Waals surface area contributed by atoms with Gasteiger partial charge in [0.15, 0.2) is 0 Å². The average molecular weight is 249 g/mol. The van der Waals surface area contributed by atoms with Crippen LogP contribution in [0.4, 0.5) is 5.69 Å². The largest absolute Gasteiger partial charge is 0.460 e. The summed E-state index contributed by atoms with van der Waals surface area (Å²) < 4.78 is 5.46. The lowest BCUT2D eigenvalue weighted by molar-refractivity contribution is 0.525. The van der Waals surface area contributed by atoms with E-state index in [9.17, 15) is 0 Å². The fraction of sp³-hybridized carbons (Fsp3) is 0.154. The van der Waals surface area contributed by atoms with Gasteiger partial charge in [-0.15, -0.1) is 0 Å². The number of hydrogen-bond donors (Lipinski definition) is 1. The number of aryl methyl sites for hydroxylation is 1. The van der Waals surface area contributed by atoms with Crippen molar-refractivity contribution in [2.75, 3.05) is 5.43 Å². The Kier molecular flexibility index (Phi) is 3.49. The summed E-state index contributed by atoms with van der Waals surface area (Å²) >= 11 is 5.79. The summed E-state index contributed by atoms with van der Waals surface area (Å²) in [4.78, 5) is 0. The Bertz CT molecular complexity index is 529. The van der Waals surface area contributed by atoms with Crippen molar-refractivity contribution in [3.8, 4) is 0 Å². The number of halogens is 1. The number of benzene rings is 1. The molecule has 0 amide bonds. The first-order valence-corrected chi connectivity index (χ1v) is 5.65. The molecular weight excluding hydrogens is 236 g/mol. The van der Waals surface area contributed by atoms with Crippen LogP contribution in [0.1, 0.15) is 18.4 Å². The smallest absolute Gasteiger partial charge is 0.149 e. The first-order chi connectivity index (χ1) is 8.15. The minimum atomic E-state index is 0.706. The third-order valence-electron chi connectivity index (χ3n) is 2.29. The van der Waals surface area contributed by atoms with Crippen LogP contribution in [0.3, 0.4) is 0 Å². The van der Waals surface area contributed by atoms with Gasteiger partial charge >= 0.3 is 0 Å². The highest BCUT2D eigenvalue weighted by Crippen LogP contribution is 2.14. The van der Waals surface area contributed by atoms with E-state index >= 15 is 0 Å². The molecule has 1 heterocycles. The molecule has 0 aliphatic carbocycles. The third-order valence-corrected chi connectivity index (χ3v) is 2.55. The molecule has 4 heteroatoms. The van der Waals surface area contributed by atoms with Crippen molar-refractivity contribution in [1.82, 2.24) is 0 Å². The fourth-order valence-corrected chi connectivity index (χ4v) is 1.48. The van der Waals surface area contributed by atoms with Crippen molar-refractivity contribution in [2.24, 2.45) is 5.10 Å². The Labute approximate surface area is 105 Å². The SMILES string of the molecule is C/C(=N/Nc1ccc(Cl)cc1)c1ccc(C)o1. The van der Waals surface area contributed by atoms with Gasteiger partial charge in [0.2, 0.25) is 0 Å². The lowest BCUT2D eigenvalue weighted by atomic mass is 10.3. The van der Waals surface area contributed by atoms with E-state index in [1.165, 1.54) is 0 Å². The second-order valence-corrected chi connectivity index (χ2v) is 4.16. The van der Waals surface area contributed by atoms with Gasteiger partial charge in [-0.3, -0.25) is 5.43 Å². The monoisotopic (exact) mass is 248 g/mol. The quantitative estimate of drug-likeness (QED) is 0.657. The van der Waals surface area contributed by atoms with E-state index in [4.69, 9.17) is 16.0 Å². The Morgan fingerprint density at radius 3 is 2.47 bits per heavy atom. The lowest BCUT2D eigenvalue weighted by Crippen LogP contribution is -1.97. The van der Waals surface area contributed by atoms with Crippen LogP contribution in [-0.2, 0) is 0 Å². The Balaban J connectivity index is 2.08. The zero-order valence-corrected chi connectivity index (χ0v) is 10.5. The van der Waals surface area contributed by atoms with E-state index in [2.05, 4.69) is 10.5 Å². The predicted octanol–water partition coefficient (Wildman–Crippen LogP) is 4.08. The number of hydrogen-bond acceptors (Lipinski definition) is 3. The highest BCUT2D eigenvalue weighted by atomic mass is 35.5. The second kappa shape index (κ2) is 5.06. The zero-order valence-electron chi connectivity index (χ0n) is 9.70. The number of nitrogens with one attached hydrogen (secondary N) is 1. The second-order valence-electron chi connectivity index (χ2n) is 3.73. The van der Waals surface area contributed by atoms with E-state index < -0.39 is 0 Å². The normalized spacial score (nSPS) is 11.6. The van der Waals surface area contributed by atoms with Gasteiger partial charge in [0, 0.05) is 5.02 Å². The van der Waals surface area contributed by atoms with Crippen LogP contribution in [0, 0.1) is 6.92 Å². The fourth-order valence-electron chi connectivity index (χ4n) is 1.36. The molecule has 1 aromatic carbocycles. The maximum atomic E-state index is 5.79. The van der Waals surface area contributed by atoms with Crippen molar-refractivity contribution in [3.63, 3.8) is 0 Å². The zero-order chi connectivity index (χ0) is 12.3. The molecule has 0 saturated heterocycles. The molecule has 17 heavy (non-hydrogen) atoms. The first kappa shape index (κ1) is 11.7. The highest BCUT2D eigenvalue weighted by molar-refractivity contribution is 6.30. The van der Waals surface area contributed by atoms with Crippen molar-refractivity contribution >= 4 is 23.0 Å². The highest BCUT2D eigenvalue weighted by Gasteiger charge is 2.01. The Hall–Kier alpha value is -1.74. The van der Waals surface area contributed by atoms with Crippen LogP contribution in [0.15, 0.2) is 45.9 Å². The molecule has 0 radical (unpaired) electrons. The van der Waals surface area contributed by atoms with Crippen LogP contribution < -0.4 is 5.43 Å². The van der Waals surface area contributed by atoms with Crippen LogP contribution in [-0.4, -0.2) is 5.71 Å². The van der Waals surface area contributed by atoms with Gasteiger partial charge in [0.1, 0.15) is 17.2 Å². The molecule has 0 saturated carbocycles. The summed E-state index contributed by atoms with van der Waals surface area (Å²) in [5.41, 5.74) is 4.63. The van der Waals surface area contributed by atoms with Crippen molar-refractivity contribution in [1.29, 1.82) is 0 Å². The number of rotatable bonds is 3. The van der Waals surface area contributed by atoms with E-state index in [1.807, 2.05) is 50.2 Å². The molecule has 88 valence electrons.